The number of pyridine rings is 4. The molecule has 0 aliphatic carbocycles. The maximum absolute atomic E-state index is 7.50. The molecule has 0 atom stereocenters. The first-order valence-electron chi connectivity index (χ1n) is 19.3. The Kier molecular flexibility index (Phi) is 39.6. The van der Waals surface area contributed by atoms with Crippen molar-refractivity contribution < 1.29 is 73.6 Å². The van der Waals surface area contributed by atoms with Crippen LogP contribution in [0.5, 0.6) is 0 Å². The average molecular weight is 1330 g/mol. The second-order valence-electron chi connectivity index (χ2n) is 12.8. The number of benzene rings is 6. The quantitative estimate of drug-likeness (QED) is 0.0956. The standard InChI is InChI=1S/2C24H16N2.8CO.2ClH.2Re/c2*1-3-7-17(8-4-1)21-13-19-11-12-20-14-22(18-9-5-2-6-10-18)16-26-24(20)23(19)25-15-21;8*1-2;;;;/h2*1-16H;;;;;;;;;2*1H;;/q;;;;;;;;;;;;2*+1/p-2. The molecule has 16 heteroatoms. The minimum atomic E-state index is 0.946. The van der Waals surface area contributed by atoms with Gasteiger partial charge in [-0.25, -0.2) is 0 Å². The fraction of sp³-hybridized carbons (Fsp3) is 0. The third-order valence-electron chi connectivity index (χ3n) is 9.43. The van der Waals surface area contributed by atoms with Crippen LogP contribution in [-0.4, -0.2) is 19.9 Å². The fourth-order valence-corrected chi connectivity index (χ4v) is 6.74. The zero-order valence-corrected chi connectivity index (χ0v) is 44.0. The van der Waals surface area contributed by atoms with Crippen molar-refractivity contribution in [3.63, 3.8) is 0 Å². The van der Waals surface area contributed by atoms with Crippen LogP contribution < -0.4 is 0 Å². The summed E-state index contributed by atoms with van der Waals surface area (Å²) in [5, 5.41) is 4.44. The molecule has 0 saturated carbocycles. The van der Waals surface area contributed by atoms with Gasteiger partial charge >= 0.3 is 146 Å². The number of aromatic nitrogens is 4. The summed E-state index contributed by atoms with van der Waals surface area (Å²) in [4.78, 5) is 18.9. The first-order valence-corrected chi connectivity index (χ1v) is 26.0. The average Bonchev–Trinajstić information content (AvgIpc) is 3.52. The van der Waals surface area contributed by atoms with Crippen molar-refractivity contribution >= 4 is 62.7 Å². The summed E-state index contributed by atoms with van der Waals surface area (Å²) in [5.74, 6) is 0. The molecule has 0 fully saturated rings. The Morgan fingerprint density at radius 1 is 0.236 bits per heavy atom. The normalized spacial score (nSPS) is 8.39. The summed E-state index contributed by atoms with van der Waals surface area (Å²) in [6, 6.07) is 58.6. The van der Waals surface area contributed by atoms with Gasteiger partial charge in [-0.05, 0) is 46.5 Å². The molecule has 0 radical (unpaired) electrons. The van der Waals surface area contributed by atoms with Crippen LogP contribution in [0.1, 0.15) is 0 Å². The first kappa shape index (κ1) is 66.9. The van der Waals surface area contributed by atoms with Crippen LogP contribution in [0, 0.1) is 53.2 Å². The van der Waals surface area contributed by atoms with E-state index in [1.807, 2.05) is 97.6 Å². The first-order chi connectivity index (χ1) is 35.8. The van der Waals surface area contributed by atoms with E-state index in [1.54, 1.807) is 0 Å². The smallest absolute Gasteiger partial charge is 0.0965 e. The van der Waals surface area contributed by atoms with E-state index < -0.39 is 0 Å². The largest absolute Gasteiger partial charge is 0.253 e. The number of halogens is 2. The molecule has 0 N–H and O–H groups in total. The van der Waals surface area contributed by atoms with Gasteiger partial charge in [-0.3, -0.25) is 19.9 Å². The van der Waals surface area contributed by atoms with E-state index in [-0.39, 0.29) is 0 Å². The van der Waals surface area contributed by atoms with Gasteiger partial charge in [0.25, 0.3) is 0 Å². The Labute approximate surface area is 445 Å². The minimum Gasteiger partial charge on any atom is -0.253 e. The third-order valence-corrected chi connectivity index (χ3v) is 9.43. The molecule has 12 nitrogen and oxygen atoms in total. The van der Waals surface area contributed by atoms with Crippen molar-refractivity contribution in [2.75, 3.05) is 0 Å². The van der Waals surface area contributed by atoms with Crippen LogP contribution in [0.2, 0.25) is 0 Å². The molecule has 0 aliphatic heterocycles. The minimum absolute atomic E-state index is 0.946. The molecule has 4 heterocycles. The van der Waals surface area contributed by atoms with Gasteiger partial charge in [-0.1, -0.05) is 146 Å². The molecule has 10 aromatic rings. The summed E-state index contributed by atoms with van der Waals surface area (Å²) in [6.07, 6.45) is 7.74. The molecular weight excluding hydrogens is 1300 g/mol. The number of hydrogen-bond donors (Lipinski definition) is 0. The fourth-order valence-electron chi connectivity index (χ4n) is 6.74. The number of nitrogens with zero attached hydrogens (tertiary/aromatic N) is 4. The van der Waals surface area contributed by atoms with Crippen molar-refractivity contribution in [1.82, 2.24) is 19.9 Å². The number of rotatable bonds is 4. The predicted molar refractivity (Wildman–Crippen MR) is 259 cm³/mol. The molecule has 0 saturated heterocycles. The zero-order chi connectivity index (χ0) is 54.7. The number of fused-ring (bicyclic) bond motifs is 6. The summed E-state index contributed by atoms with van der Waals surface area (Å²) < 4.78 is 60.0. The van der Waals surface area contributed by atoms with Crippen LogP contribution in [0.25, 0.3) is 88.1 Å². The molecular formula is C56H32Cl2N4O8Re2. The molecule has 352 valence electrons. The maximum atomic E-state index is 7.50. The van der Waals surface area contributed by atoms with Gasteiger partial charge in [0.1, 0.15) is 0 Å². The summed E-state index contributed by atoms with van der Waals surface area (Å²) in [6.45, 7) is 36.0. The molecule has 0 aliphatic rings. The molecule has 10 rings (SSSR count). The summed E-state index contributed by atoms with van der Waals surface area (Å²) >= 11 is 2.39. The molecule has 0 unspecified atom stereocenters. The Morgan fingerprint density at radius 2 is 0.389 bits per heavy atom. The van der Waals surface area contributed by atoms with Gasteiger partial charge < -0.3 is 0 Å². The van der Waals surface area contributed by atoms with Crippen molar-refractivity contribution in [2.24, 2.45) is 0 Å². The Morgan fingerprint density at radius 3 is 0.542 bits per heavy atom. The topological polar surface area (TPSA) is 211 Å². The van der Waals surface area contributed by atoms with E-state index in [9.17, 15) is 0 Å². The zero-order valence-electron chi connectivity index (χ0n) is 37.0. The third kappa shape index (κ3) is 19.5. The van der Waals surface area contributed by atoms with Gasteiger partial charge in [0.05, 0.1) is 22.1 Å². The van der Waals surface area contributed by atoms with Gasteiger partial charge in [-0.15, -0.1) is 0 Å². The molecule has 0 spiro atoms. The Bertz CT molecular complexity index is 2820. The number of hydrogen-bond acceptors (Lipinski definition) is 4. The summed E-state index contributed by atoms with van der Waals surface area (Å²) in [7, 11) is 9.39. The van der Waals surface area contributed by atoms with Gasteiger partial charge in [0.15, 0.2) is 0 Å². The van der Waals surface area contributed by atoms with E-state index in [0.29, 0.717) is 0 Å². The second-order valence-corrected chi connectivity index (χ2v) is 12.8. The van der Waals surface area contributed by atoms with E-state index in [2.05, 4.69) is 150 Å². The van der Waals surface area contributed by atoms with E-state index in [4.69, 9.17) is 76.2 Å². The Hall–Kier alpha value is -7.22. The maximum Gasteiger partial charge on any atom is 0.0965 e. The molecule has 0 amide bonds. The molecule has 6 aromatic carbocycles. The summed E-state index contributed by atoms with van der Waals surface area (Å²) in [5.41, 5.74) is 13.0. The van der Waals surface area contributed by atoms with Gasteiger partial charge in [0, 0.05) is 68.6 Å². The predicted octanol–water partition coefficient (Wildman–Crippen LogP) is 13.3. The van der Waals surface area contributed by atoms with E-state index >= 15 is 0 Å². The van der Waals surface area contributed by atoms with Gasteiger partial charge in [-0.2, -0.15) is 0 Å². The van der Waals surface area contributed by atoms with Crippen LogP contribution in [0.3, 0.4) is 0 Å². The molecule has 72 heavy (non-hydrogen) atoms. The van der Waals surface area contributed by atoms with E-state index in [0.717, 1.165) is 65.9 Å². The SMILES string of the molecule is [C-]#[O+].[C-]#[O+].[C-]#[O+].[C-]#[O+].[C-]#[O+].[C-]#[O+].[C-]#[O+].[C-]#[O+].[Cl][Re].[Cl][Re].c1ccc(-c2cnc3c(ccc4cc(-c5ccccc5)cnc43)c2)cc1.c1ccc(-c2cnc3c(ccc4cc(-c5ccccc5)cnc43)c2)cc1. The van der Waals surface area contributed by atoms with Crippen molar-refractivity contribution in [1.29, 1.82) is 0 Å². The monoisotopic (exact) mass is 1330 g/mol. The second kappa shape index (κ2) is 42.6. The molecule has 0 bridgehead atoms. The molecule has 4 aromatic heterocycles. The van der Waals surface area contributed by atoms with Crippen molar-refractivity contribution in [3.8, 4) is 44.5 Å². The van der Waals surface area contributed by atoms with Crippen LogP contribution >= 0.6 is 19.1 Å². The Balaban J connectivity index is 0. The van der Waals surface area contributed by atoms with Crippen LogP contribution in [0.4, 0.5) is 0 Å². The van der Waals surface area contributed by atoms with Crippen LogP contribution in [0.15, 0.2) is 195 Å². The van der Waals surface area contributed by atoms with Crippen LogP contribution in [-0.2, 0) is 73.6 Å². The van der Waals surface area contributed by atoms with E-state index in [1.165, 1.54) is 58.6 Å². The van der Waals surface area contributed by atoms with Gasteiger partial charge in [0.2, 0.25) is 0 Å². The van der Waals surface area contributed by atoms with Crippen molar-refractivity contribution in [3.05, 3.63) is 248 Å². The van der Waals surface area contributed by atoms with Crippen molar-refractivity contribution in [2.45, 2.75) is 0 Å².